The molecule has 5 nitrogen and oxygen atoms in total. The molecule has 24 heavy (non-hydrogen) atoms. The van der Waals surface area contributed by atoms with Gasteiger partial charge >= 0.3 is 6.18 Å². The van der Waals surface area contributed by atoms with Crippen molar-refractivity contribution in [3.05, 3.63) is 30.0 Å². The van der Waals surface area contributed by atoms with Gasteiger partial charge in [-0.25, -0.2) is 0 Å². The first-order valence-corrected chi connectivity index (χ1v) is 7.83. The minimum absolute atomic E-state index is 0.0131. The Kier molecular flexibility index (Phi) is 4.49. The van der Waals surface area contributed by atoms with E-state index in [4.69, 9.17) is 0 Å². The molecule has 2 aromatic rings. The van der Waals surface area contributed by atoms with Crippen molar-refractivity contribution in [2.24, 2.45) is 0 Å². The Morgan fingerprint density at radius 2 is 2.21 bits per heavy atom. The Morgan fingerprint density at radius 1 is 1.42 bits per heavy atom. The monoisotopic (exact) mass is 340 g/mol. The molecule has 1 fully saturated rings. The zero-order valence-corrected chi connectivity index (χ0v) is 13.2. The van der Waals surface area contributed by atoms with Gasteiger partial charge in [-0.1, -0.05) is 12.1 Å². The van der Waals surface area contributed by atoms with E-state index in [-0.39, 0.29) is 31.5 Å². The molecular weight excluding hydrogens is 321 g/mol. The Bertz CT molecular complexity index is 727. The van der Waals surface area contributed by atoms with Crippen LogP contribution in [0, 0.1) is 0 Å². The predicted octanol–water partition coefficient (Wildman–Crippen LogP) is 2.59. The van der Waals surface area contributed by atoms with Crippen LogP contribution < -0.4 is 5.32 Å². The number of aromatic amines is 1. The lowest BCUT2D eigenvalue weighted by atomic mass is 9.96. The molecule has 1 aliphatic heterocycles. The minimum atomic E-state index is -4.28. The maximum absolute atomic E-state index is 13.3. The first-order chi connectivity index (χ1) is 11.3. The highest BCUT2D eigenvalue weighted by Crippen LogP contribution is 2.33. The van der Waals surface area contributed by atoms with Crippen molar-refractivity contribution in [1.29, 1.82) is 0 Å². The summed E-state index contributed by atoms with van der Waals surface area (Å²) in [5.41, 5.74) is 1.58. The van der Waals surface area contributed by atoms with Gasteiger partial charge in [0.1, 0.15) is 6.04 Å². The molecule has 2 heterocycles. The molecule has 130 valence electrons. The van der Waals surface area contributed by atoms with Crippen molar-refractivity contribution >= 4 is 16.8 Å². The number of carbonyl (C=O) groups excluding carboxylic acids is 1. The molecule has 1 saturated heterocycles. The van der Waals surface area contributed by atoms with Gasteiger partial charge in [0, 0.05) is 31.4 Å². The summed E-state index contributed by atoms with van der Waals surface area (Å²) in [6.45, 7) is 1.74. The number of nitrogens with one attached hydrogen (secondary N) is 2. The Balaban J connectivity index is 1.80. The lowest BCUT2D eigenvalue weighted by Crippen LogP contribution is -2.55. The van der Waals surface area contributed by atoms with Gasteiger partial charge in [0.25, 0.3) is 0 Å². The number of amides is 1. The van der Waals surface area contributed by atoms with E-state index in [1.165, 1.54) is 11.8 Å². The van der Waals surface area contributed by atoms with E-state index in [0.29, 0.717) is 6.42 Å². The zero-order chi connectivity index (χ0) is 17.3. The molecule has 0 spiro atoms. The highest BCUT2D eigenvalue weighted by Gasteiger charge is 2.46. The molecule has 8 heteroatoms. The summed E-state index contributed by atoms with van der Waals surface area (Å²) in [5.74, 6) is -0.218. The SMILES string of the molecule is CC(=O)N[C@@H]1CC[C@H](C(F)(F)F)N(Cc2ccc3cn[nH]c3c2)C1. The van der Waals surface area contributed by atoms with Crippen LogP contribution in [0.15, 0.2) is 24.4 Å². The maximum atomic E-state index is 13.3. The van der Waals surface area contributed by atoms with Gasteiger partial charge in [-0.05, 0) is 24.5 Å². The number of likely N-dealkylation sites (tertiary alicyclic amines) is 1. The van der Waals surface area contributed by atoms with E-state index in [0.717, 1.165) is 16.5 Å². The van der Waals surface area contributed by atoms with Gasteiger partial charge in [0.2, 0.25) is 5.91 Å². The minimum Gasteiger partial charge on any atom is -0.352 e. The second kappa shape index (κ2) is 6.43. The Morgan fingerprint density at radius 3 is 2.92 bits per heavy atom. The van der Waals surface area contributed by atoms with Crippen molar-refractivity contribution < 1.29 is 18.0 Å². The van der Waals surface area contributed by atoms with Crippen LogP contribution in [0.25, 0.3) is 10.9 Å². The number of aromatic nitrogens is 2. The van der Waals surface area contributed by atoms with E-state index in [2.05, 4.69) is 15.5 Å². The smallest absolute Gasteiger partial charge is 0.352 e. The van der Waals surface area contributed by atoms with Crippen molar-refractivity contribution in [1.82, 2.24) is 20.4 Å². The van der Waals surface area contributed by atoms with Crippen LogP contribution in [0.3, 0.4) is 0 Å². The van der Waals surface area contributed by atoms with Gasteiger partial charge in [0.05, 0.1) is 11.7 Å². The molecule has 1 aliphatic rings. The van der Waals surface area contributed by atoms with Crippen LogP contribution in [0.2, 0.25) is 0 Å². The van der Waals surface area contributed by atoms with Crippen LogP contribution in [0.1, 0.15) is 25.3 Å². The lowest BCUT2D eigenvalue weighted by molar-refractivity contribution is -0.194. The maximum Gasteiger partial charge on any atom is 0.404 e. The number of nitrogens with zero attached hydrogens (tertiary/aromatic N) is 2. The molecule has 0 bridgehead atoms. The number of halogens is 3. The molecule has 0 aliphatic carbocycles. The number of carbonyl (C=O) groups is 1. The zero-order valence-electron chi connectivity index (χ0n) is 13.2. The van der Waals surface area contributed by atoms with Gasteiger partial charge in [-0.15, -0.1) is 0 Å². The van der Waals surface area contributed by atoms with E-state index < -0.39 is 12.2 Å². The van der Waals surface area contributed by atoms with Crippen LogP contribution in [-0.2, 0) is 11.3 Å². The fraction of sp³-hybridized carbons (Fsp3) is 0.500. The summed E-state index contributed by atoms with van der Waals surface area (Å²) in [7, 11) is 0. The van der Waals surface area contributed by atoms with Gasteiger partial charge in [0.15, 0.2) is 0 Å². The lowest BCUT2D eigenvalue weighted by Gasteiger charge is -2.40. The third-order valence-electron chi connectivity index (χ3n) is 4.36. The second-order valence-electron chi connectivity index (χ2n) is 6.25. The number of fused-ring (bicyclic) bond motifs is 1. The quantitative estimate of drug-likeness (QED) is 0.903. The fourth-order valence-electron chi connectivity index (χ4n) is 3.31. The Hall–Kier alpha value is -2.09. The van der Waals surface area contributed by atoms with Gasteiger partial charge in [-0.3, -0.25) is 14.8 Å². The molecule has 0 saturated carbocycles. The molecule has 2 atom stereocenters. The number of rotatable bonds is 3. The highest BCUT2D eigenvalue weighted by atomic mass is 19.4. The third kappa shape index (κ3) is 3.69. The number of H-pyrrole nitrogens is 1. The molecule has 1 aromatic heterocycles. The first-order valence-electron chi connectivity index (χ1n) is 7.83. The van der Waals surface area contributed by atoms with Crippen molar-refractivity contribution in [3.63, 3.8) is 0 Å². The number of piperidine rings is 1. The fourth-order valence-corrected chi connectivity index (χ4v) is 3.31. The average Bonchev–Trinajstić information content (AvgIpc) is 2.93. The van der Waals surface area contributed by atoms with Crippen molar-refractivity contribution in [2.45, 2.75) is 44.6 Å². The van der Waals surface area contributed by atoms with Crippen LogP contribution in [0.5, 0.6) is 0 Å². The normalized spacial score (nSPS) is 22.7. The standard InChI is InChI=1S/C16H19F3N4O/c1-10(24)21-13-4-5-15(16(17,18)19)23(9-13)8-11-2-3-12-7-20-22-14(12)6-11/h2-3,6-7,13,15H,4-5,8-9H2,1H3,(H,20,22)(H,21,24)/t13-,15-/m1/s1. The van der Waals surface area contributed by atoms with Crippen molar-refractivity contribution in [3.8, 4) is 0 Å². The molecule has 2 N–H and O–H groups in total. The first kappa shape index (κ1) is 16.8. The topological polar surface area (TPSA) is 61.0 Å². The summed E-state index contributed by atoms with van der Waals surface area (Å²) in [6.07, 6.45) is -2.29. The molecular formula is C16H19F3N4O. The van der Waals surface area contributed by atoms with E-state index in [1.54, 1.807) is 6.20 Å². The summed E-state index contributed by atoms with van der Waals surface area (Å²) in [6, 6.07) is 3.73. The molecule has 0 radical (unpaired) electrons. The van der Waals surface area contributed by atoms with Crippen LogP contribution in [0.4, 0.5) is 13.2 Å². The Labute approximate surface area is 137 Å². The van der Waals surface area contributed by atoms with E-state index in [1.807, 2.05) is 18.2 Å². The number of hydrogen-bond donors (Lipinski definition) is 2. The van der Waals surface area contributed by atoms with E-state index in [9.17, 15) is 18.0 Å². The number of benzene rings is 1. The third-order valence-corrected chi connectivity index (χ3v) is 4.36. The number of hydrogen-bond acceptors (Lipinski definition) is 3. The molecule has 3 rings (SSSR count). The van der Waals surface area contributed by atoms with Crippen molar-refractivity contribution in [2.75, 3.05) is 6.54 Å². The van der Waals surface area contributed by atoms with Gasteiger partial charge in [-0.2, -0.15) is 18.3 Å². The predicted molar refractivity (Wildman–Crippen MR) is 83.2 cm³/mol. The second-order valence-corrected chi connectivity index (χ2v) is 6.25. The largest absolute Gasteiger partial charge is 0.404 e. The highest BCUT2D eigenvalue weighted by molar-refractivity contribution is 5.78. The summed E-state index contributed by atoms with van der Waals surface area (Å²) in [4.78, 5) is 12.6. The number of alkyl halides is 3. The molecule has 1 aromatic carbocycles. The van der Waals surface area contributed by atoms with Gasteiger partial charge < -0.3 is 5.32 Å². The molecule has 0 unspecified atom stereocenters. The molecule has 1 amide bonds. The van der Waals surface area contributed by atoms with E-state index >= 15 is 0 Å². The summed E-state index contributed by atoms with van der Waals surface area (Å²) >= 11 is 0. The average molecular weight is 340 g/mol. The summed E-state index contributed by atoms with van der Waals surface area (Å²) < 4.78 is 40.0. The van der Waals surface area contributed by atoms with Crippen LogP contribution >= 0.6 is 0 Å². The summed E-state index contributed by atoms with van der Waals surface area (Å²) in [5, 5.41) is 10.4. The van der Waals surface area contributed by atoms with Crippen LogP contribution in [-0.4, -0.2) is 45.8 Å².